The lowest BCUT2D eigenvalue weighted by Crippen LogP contribution is -2.31. The molecule has 0 aliphatic carbocycles. The minimum Gasteiger partial charge on any atom is -0.384 e. The van der Waals surface area contributed by atoms with Crippen LogP contribution in [0.4, 0.5) is 0 Å². The molecule has 1 unspecified atom stereocenters. The molecule has 1 aromatic carbocycles. The molecule has 0 bridgehead atoms. The van der Waals surface area contributed by atoms with E-state index in [9.17, 15) is 5.11 Å². The van der Waals surface area contributed by atoms with Crippen molar-refractivity contribution in [1.29, 1.82) is 0 Å². The van der Waals surface area contributed by atoms with Crippen LogP contribution in [0.1, 0.15) is 29.3 Å². The van der Waals surface area contributed by atoms with Crippen LogP contribution in [0.15, 0.2) is 36.7 Å². The predicted octanol–water partition coefficient (Wildman–Crippen LogP) is 2.64. The number of benzene rings is 1. The van der Waals surface area contributed by atoms with Gasteiger partial charge in [-0.05, 0) is 44.7 Å². The number of likely N-dealkylation sites (N-methyl/N-ethyl adjacent to an activating group) is 1. The summed E-state index contributed by atoms with van der Waals surface area (Å²) in [6.07, 6.45) is 4.28. The molecule has 130 valence electrons. The van der Waals surface area contributed by atoms with Crippen molar-refractivity contribution in [3.05, 3.63) is 59.0 Å². The molecule has 5 nitrogen and oxygen atoms in total. The number of hydrogen-bond donors (Lipinski definition) is 1. The molecule has 3 aromatic rings. The predicted molar refractivity (Wildman–Crippen MR) is 98.3 cm³/mol. The van der Waals surface area contributed by atoms with Crippen molar-refractivity contribution in [2.75, 3.05) is 13.6 Å². The molecule has 0 saturated carbocycles. The highest BCUT2D eigenvalue weighted by Gasteiger charge is 2.29. The van der Waals surface area contributed by atoms with Gasteiger partial charge >= 0.3 is 0 Å². The Balaban J connectivity index is 1.85. The third-order valence-electron chi connectivity index (χ3n) is 5.27. The minimum atomic E-state index is -0.996. The molecule has 2 aromatic heterocycles. The first-order valence-electron chi connectivity index (χ1n) is 8.74. The van der Waals surface area contributed by atoms with E-state index in [0.29, 0.717) is 6.54 Å². The number of hydrogen-bond acceptors (Lipinski definition) is 4. The highest BCUT2D eigenvalue weighted by atomic mass is 16.3. The zero-order chi connectivity index (χ0) is 17.6. The summed E-state index contributed by atoms with van der Waals surface area (Å²) >= 11 is 0. The largest absolute Gasteiger partial charge is 0.384 e. The fourth-order valence-corrected chi connectivity index (χ4v) is 3.89. The number of fused-ring (bicyclic) bond motifs is 3. The summed E-state index contributed by atoms with van der Waals surface area (Å²) in [5, 5.41) is 20.2. The first-order valence-corrected chi connectivity index (χ1v) is 8.74. The van der Waals surface area contributed by atoms with E-state index in [1.807, 2.05) is 13.0 Å². The van der Waals surface area contributed by atoms with Crippen molar-refractivity contribution < 1.29 is 5.11 Å². The monoisotopic (exact) mass is 336 g/mol. The second kappa shape index (κ2) is 5.93. The van der Waals surface area contributed by atoms with Crippen LogP contribution in [-0.2, 0) is 25.1 Å². The highest BCUT2D eigenvalue weighted by molar-refractivity contribution is 5.86. The molecule has 1 aliphatic rings. The molecule has 25 heavy (non-hydrogen) atoms. The van der Waals surface area contributed by atoms with Gasteiger partial charge in [-0.15, -0.1) is 0 Å². The lowest BCUT2D eigenvalue weighted by atomic mass is 9.98. The maximum atomic E-state index is 11.1. The molecule has 0 radical (unpaired) electrons. The van der Waals surface area contributed by atoms with Crippen LogP contribution in [0.5, 0.6) is 0 Å². The standard InChI is InChI=1S/C20H24N4O/c1-14-4-5-18-16(10-14)17-12-23(3)9-7-19(17)24(18)13-20(2,25)15-6-8-21-22-11-15/h4-6,8,10-11,25H,7,9,12-13H2,1-3H3. The smallest absolute Gasteiger partial charge is 0.106 e. The van der Waals surface area contributed by atoms with Gasteiger partial charge in [-0.25, -0.2) is 0 Å². The number of rotatable bonds is 3. The van der Waals surface area contributed by atoms with Crippen molar-refractivity contribution in [1.82, 2.24) is 19.7 Å². The second-order valence-electron chi connectivity index (χ2n) is 7.42. The van der Waals surface area contributed by atoms with E-state index in [1.165, 1.54) is 27.7 Å². The van der Waals surface area contributed by atoms with Gasteiger partial charge in [0.25, 0.3) is 0 Å². The molecule has 1 atom stereocenters. The van der Waals surface area contributed by atoms with E-state index in [4.69, 9.17) is 0 Å². The van der Waals surface area contributed by atoms with E-state index in [-0.39, 0.29) is 0 Å². The fourth-order valence-electron chi connectivity index (χ4n) is 3.89. The second-order valence-corrected chi connectivity index (χ2v) is 7.42. The highest BCUT2D eigenvalue weighted by Crippen LogP contribution is 2.34. The Morgan fingerprint density at radius 2 is 2.08 bits per heavy atom. The van der Waals surface area contributed by atoms with Crippen molar-refractivity contribution in [3.63, 3.8) is 0 Å². The molecule has 5 heteroatoms. The molecule has 0 fully saturated rings. The molecule has 1 N–H and O–H groups in total. The molecule has 4 rings (SSSR count). The Morgan fingerprint density at radius 3 is 2.84 bits per heavy atom. The fraction of sp³-hybridized carbons (Fsp3) is 0.400. The van der Waals surface area contributed by atoms with Gasteiger partial charge in [0.1, 0.15) is 5.60 Å². The van der Waals surface area contributed by atoms with Gasteiger partial charge in [-0.1, -0.05) is 11.6 Å². The van der Waals surface area contributed by atoms with Crippen LogP contribution >= 0.6 is 0 Å². The van der Waals surface area contributed by atoms with Crippen LogP contribution in [0.2, 0.25) is 0 Å². The molecule has 0 spiro atoms. The Kier molecular flexibility index (Phi) is 3.85. The lowest BCUT2D eigenvalue weighted by Gasteiger charge is -2.28. The Labute approximate surface area is 147 Å². The van der Waals surface area contributed by atoms with Crippen LogP contribution in [0.3, 0.4) is 0 Å². The van der Waals surface area contributed by atoms with Gasteiger partial charge < -0.3 is 14.6 Å². The summed E-state index contributed by atoms with van der Waals surface area (Å²) in [6.45, 7) is 6.50. The van der Waals surface area contributed by atoms with E-state index in [2.05, 4.69) is 51.8 Å². The number of aryl methyl sites for hydroxylation is 1. The van der Waals surface area contributed by atoms with Gasteiger partial charge in [0.2, 0.25) is 0 Å². The minimum absolute atomic E-state index is 0.511. The van der Waals surface area contributed by atoms with Crippen LogP contribution in [0.25, 0.3) is 10.9 Å². The SMILES string of the molecule is Cc1ccc2c(c1)c1c(n2CC(C)(O)c2ccnnc2)CCN(C)C1. The van der Waals surface area contributed by atoms with Crippen LogP contribution < -0.4 is 0 Å². The Bertz CT molecular complexity index is 914. The van der Waals surface area contributed by atoms with Crippen molar-refractivity contribution in [2.45, 2.75) is 39.0 Å². The number of aromatic nitrogens is 3. The Morgan fingerprint density at radius 1 is 1.24 bits per heavy atom. The molecular formula is C20H24N4O. The van der Waals surface area contributed by atoms with E-state index in [0.717, 1.165) is 25.1 Å². The van der Waals surface area contributed by atoms with E-state index >= 15 is 0 Å². The average molecular weight is 336 g/mol. The third-order valence-corrected chi connectivity index (χ3v) is 5.27. The maximum Gasteiger partial charge on any atom is 0.106 e. The molecule has 3 heterocycles. The summed E-state index contributed by atoms with van der Waals surface area (Å²) in [7, 11) is 2.17. The van der Waals surface area contributed by atoms with Gasteiger partial charge in [0.15, 0.2) is 0 Å². The van der Waals surface area contributed by atoms with Crippen molar-refractivity contribution in [3.8, 4) is 0 Å². The average Bonchev–Trinajstić information content (AvgIpc) is 2.88. The van der Waals surface area contributed by atoms with E-state index in [1.54, 1.807) is 12.4 Å². The molecule has 0 saturated heterocycles. The van der Waals surface area contributed by atoms with Gasteiger partial charge in [-0.2, -0.15) is 10.2 Å². The molecule has 1 aliphatic heterocycles. The van der Waals surface area contributed by atoms with Gasteiger partial charge in [-0.3, -0.25) is 0 Å². The lowest BCUT2D eigenvalue weighted by molar-refractivity contribution is 0.0380. The topological polar surface area (TPSA) is 54.2 Å². The summed E-state index contributed by atoms with van der Waals surface area (Å²) in [6, 6.07) is 8.44. The van der Waals surface area contributed by atoms with Gasteiger partial charge in [0, 0.05) is 47.9 Å². The van der Waals surface area contributed by atoms with Crippen LogP contribution in [0, 0.1) is 6.92 Å². The van der Waals surface area contributed by atoms with Crippen molar-refractivity contribution >= 4 is 10.9 Å². The quantitative estimate of drug-likeness (QED) is 0.799. The van der Waals surface area contributed by atoms with Gasteiger partial charge in [0.05, 0.1) is 12.7 Å². The van der Waals surface area contributed by atoms with E-state index < -0.39 is 5.60 Å². The third kappa shape index (κ3) is 2.83. The summed E-state index contributed by atoms with van der Waals surface area (Å²) in [4.78, 5) is 2.36. The molecular weight excluding hydrogens is 312 g/mol. The summed E-state index contributed by atoms with van der Waals surface area (Å²) in [5.74, 6) is 0. The summed E-state index contributed by atoms with van der Waals surface area (Å²) in [5.41, 5.74) is 5.01. The normalized spacial score (nSPS) is 17.4. The number of aliphatic hydroxyl groups is 1. The van der Waals surface area contributed by atoms with Crippen LogP contribution in [-0.4, -0.2) is 38.4 Å². The Hall–Kier alpha value is -2.24. The summed E-state index contributed by atoms with van der Waals surface area (Å²) < 4.78 is 2.30. The van der Waals surface area contributed by atoms with Crippen molar-refractivity contribution in [2.24, 2.45) is 0 Å². The molecule has 0 amide bonds. The number of nitrogens with zero attached hydrogens (tertiary/aromatic N) is 4. The maximum absolute atomic E-state index is 11.1. The first kappa shape index (κ1) is 16.2. The first-order chi connectivity index (χ1) is 12.0. The zero-order valence-corrected chi connectivity index (χ0v) is 15.0. The zero-order valence-electron chi connectivity index (χ0n) is 15.0.